The molecule has 0 atom stereocenters. The average molecular weight is 259 g/mol. The van der Waals surface area contributed by atoms with Gasteiger partial charge >= 0.3 is 11.9 Å². The Morgan fingerprint density at radius 3 is 1.94 bits per heavy atom. The van der Waals surface area contributed by atoms with Gasteiger partial charge in [-0.1, -0.05) is 13.3 Å². The van der Waals surface area contributed by atoms with E-state index in [1.165, 1.54) is 0 Å². The van der Waals surface area contributed by atoms with E-state index in [4.69, 9.17) is 9.47 Å². The molecule has 0 radical (unpaired) electrons. The monoisotopic (exact) mass is 259 g/mol. The number of hydrogen-bond donors (Lipinski definition) is 0. The fourth-order valence-electron chi connectivity index (χ4n) is 1.39. The molecule has 0 unspecified atom stereocenters. The van der Waals surface area contributed by atoms with Gasteiger partial charge < -0.3 is 14.4 Å². The molecule has 0 saturated carbocycles. The summed E-state index contributed by atoms with van der Waals surface area (Å²) >= 11 is 0. The van der Waals surface area contributed by atoms with Crippen molar-refractivity contribution in [2.45, 2.75) is 39.7 Å². The summed E-state index contributed by atoms with van der Waals surface area (Å²) in [6.07, 6.45) is 2.03. The Labute approximate surface area is 107 Å². The summed E-state index contributed by atoms with van der Waals surface area (Å²) in [5, 5.41) is 0. The molecule has 0 heterocycles. The molecule has 0 spiro atoms. The minimum absolute atomic E-state index is 0.148. The van der Waals surface area contributed by atoms with Gasteiger partial charge in [0.1, 0.15) is 0 Å². The zero-order chi connectivity index (χ0) is 14.0. The van der Waals surface area contributed by atoms with E-state index in [-0.39, 0.29) is 13.2 Å². The lowest BCUT2D eigenvalue weighted by Gasteiger charge is -2.24. The molecular formula is C12H21NO5. The molecule has 0 rings (SSSR count). The summed E-state index contributed by atoms with van der Waals surface area (Å²) < 4.78 is 9.59. The van der Waals surface area contributed by atoms with Gasteiger partial charge in [-0.15, -0.1) is 0 Å². The Morgan fingerprint density at radius 1 is 1.11 bits per heavy atom. The van der Waals surface area contributed by atoms with Gasteiger partial charge in [-0.2, -0.15) is 0 Å². The SMILES string of the molecule is CCCCN(C=O)C(C(=O)OCC)C(=O)OCC. The molecule has 0 saturated heterocycles. The molecule has 1 amide bonds. The summed E-state index contributed by atoms with van der Waals surface area (Å²) in [5.41, 5.74) is 0. The highest BCUT2D eigenvalue weighted by molar-refractivity contribution is 6.00. The van der Waals surface area contributed by atoms with Gasteiger partial charge in [0.25, 0.3) is 0 Å². The van der Waals surface area contributed by atoms with Crippen LogP contribution in [0.5, 0.6) is 0 Å². The number of ether oxygens (including phenoxy) is 2. The minimum atomic E-state index is -1.30. The van der Waals surface area contributed by atoms with Gasteiger partial charge in [0, 0.05) is 6.54 Å². The summed E-state index contributed by atoms with van der Waals surface area (Å²) in [6, 6.07) is -1.30. The molecular weight excluding hydrogens is 238 g/mol. The third-order valence-electron chi connectivity index (χ3n) is 2.26. The molecule has 0 aromatic carbocycles. The molecule has 0 aromatic rings. The number of carbonyl (C=O) groups excluding carboxylic acids is 3. The molecule has 104 valence electrons. The lowest BCUT2D eigenvalue weighted by Crippen LogP contribution is -2.48. The van der Waals surface area contributed by atoms with Crippen LogP contribution >= 0.6 is 0 Å². The number of nitrogens with zero attached hydrogens (tertiary/aromatic N) is 1. The molecule has 0 aliphatic carbocycles. The van der Waals surface area contributed by atoms with Crippen LogP contribution in [0, 0.1) is 0 Å². The smallest absolute Gasteiger partial charge is 0.340 e. The summed E-state index contributed by atoms with van der Waals surface area (Å²) in [5.74, 6) is -1.50. The van der Waals surface area contributed by atoms with E-state index in [0.717, 1.165) is 11.3 Å². The zero-order valence-electron chi connectivity index (χ0n) is 11.2. The third kappa shape index (κ3) is 5.16. The van der Waals surface area contributed by atoms with E-state index in [0.29, 0.717) is 19.4 Å². The summed E-state index contributed by atoms with van der Waals surface area (Å²) in [6.45, 7) is 5.84. The van der Waals surface area contributed by atoms with Crippen LogP contribution in [0.25, 0.3) is 0 Å². The van der Waals surface area contributed by atoms with Crippen molar-refractivity contribution in [1.82, 2.24) is 4.90 Å². The van der Waals surface area contributed by atoms with E-state index in [2.05, 4.69) is 0 Å². The van der Waals surface area contributed by atoms with Crippen molar-refractivity contribution >= 4 is 18.3 Å². The van der Waals surface area contributed by atoms with E-state index in [9.17, 15) is 14.4 Å². The van der Waals surface area contributed by atoms with Crippen LogP contribution in [0.15, 0.2) is 0 Å². The van der Waals surface area contributed by atoms with Crippen LogP contribution in [0.2, 0.25) is 0 Å². The van der Waals surface area contributed by atoms with Gasteiger partial charge in [-0.3, -0.25) is 4.79 Å². The molecule has 0 N–H and O–H groups in total. The van der Waals surface area contributed by atoms with Crippen molar-refractivity contribution in [3.63, 3.8) is 0 Å². The van der Waals surface area contributed by atoms with Crippen molar-refractivity contribution < 1.29 is 23.9 Å². The van der Waals surface area contributed by atoms with Crippen LogP contribution in [0.4, 0.5) is 0 Å². The van der Waals surface area contributed by atoms with Crippen molar-refractivity contribution in [2.75, 3.05) is 19.8 Å². The lowest BCUT2D eigenvalue weighted by molar-refractivity contribution is -0.165. The maximum Gasteiger partial charge on any atom is 0.340 e. The van der Waals surface area contributed by atoms with Crippen molar-refractivity contribution in [1.29, 1.82) is 0 Å². The van der Waals surface area contributed by atoms with Gasteiger partial charge in [-0.25, -0.2) is 9.59 Å². The molecule has 0 fully saturated rings. The van der Waals surface area contributed by atoms with E-state index < -0.39 is 18.0 Å². The normalized spacial score (nSPS) is 10.0. The molecule has 0 aliphatic rings. The molecule has 6 heteroatoms. The number of carbonyl (C=O) groups is 3. The highest BCUT2D eigenvalue weighted by Gasteiger charge is 2.34. The first-order valence-corrected chi connectivity index (χ1v) is 6.16. The van der Waals surface area contributed by atoms with Crippen LogP contribution in [-0.2, 0) is 23.9 Å². The maximum atomic E-state index is 11.7. The van der Waals surface area contributed by atoms with Crippen molar-refractivity contribution in [2.24, 2.45) is 0 Å². The predicted molar refractivity (Wildman–Crippen MR) is 64.7 cm³/mol. The first-order valence-electron chi connectivity index (χ1n) is 6.16. The second-order valence-corrected chi connectivity index (χ2v) is 3.60. The number of hydrogen-bond acceptors (Lipinski definition) is 5. The van der Waals surface area contributed by atoms with Crippen LogP contribution in [-0.4, -0.2) is 49.0 Å². The molecule has 18 heavy (non-hydrogen) atoms. The largest absolute Gasteiger partial charge is 0.464 e. The molecule has 0 aliphatic heterocycles. The van der Waals surface area contributed by atoms with E-state index in [1.54, 1.807) is 13.8 Å². The fourth-order valence-corrected chi connectivity index (χ4v) is 1.39. The maximum absolute atomic E-state index is 11.7. The molecule has 6 nitrogen and oxygen atoms in total. The van der Waals surface area contributed by atoms with Crippen LogP contribution in [0.3, 0.4) is 0 Å². The Bertz CT molecular complexity index is 262. The zero-order valence-corrected chi connectivity index (χ0v) is 11.2. The van der Waals surface area contributed by atoms with Crippen LogP contribution < -0.4 is 0 Å². The third-order valence-corrected chi connectivity index (χ3v) is 2.26. The number of rotatable bonds is 9. The molecule has 0 aromatic heterocycles. The quantitative estimate of drug-likeness (QED) is 0.347. The lowest BCUT2D eigenvalue weighted by atomic mass is 10.2. The van der Waals surface area contributed by atoms with Crippen molar-refractivity contribution in [3.05, 3.63) is 0 Å². The van der Waals surface area contributed by atoms with Gasteiger partial charge in [0.05, 0.1) is 13.2 Å². The average Bonchev–Trinajstić information content (AvgIpc) is 2.34. The number of unbranched alkanes of at least 4 members (excludes halogenated alkanes) is 1. The second kappa shape index (κ2) is 9.44. The highest BCUT2D eigenvalue weighted by Crippen LogP contribution is 2.05. The Balaban J connectivity index is 4.85. The highest BCUT2D eigenvalue weighted by atomic mass is 16.6. The Hall–Kier alpha value is -1.59. The van der Waals surface area contributed by atoms with Gasteiger partial charge in [0.2, 0.25) is 12.5 Å². The van der Waals surface area contributed by atoms with Gasteiger partial charge in [-0.05, 0) is 20.3 Å². The van der Waals surface area contributed by atoms with Gasteiger partial charge in [0.15, 0.2) is 0 Å². The minimum Gasteiger partial charge on any atom is -0.464 e. The van der Waals surface area contributed by atoms with Crippen LogP contribution in [0.1, 0.15) is 33.6 Å². The summed E-state index contributed by atoms with van der Waals surface area (Å²) in [4.78, 5) is 35.5. The number of amides is 1. The predicted octanol–water partition coefficient (Wildman–Crippen LogP) is 0.740. The Kier molecular flexibility index (Phi) is 8.61. The fraction of sp³-hybridized carbons (Fsp3) is 0.750. The Morgan fingerprint density at radius 2 is 1.61 bits per heavy atom. The first-order chi connectivity index (χ1) is 8.62. The molecule has 0 bridgehead atoms. The van der Waals surface area contributed by atoms with E-state index >= 15 is 0 Å². The first kappa shape index (κ1) is 16.4. The second-order valence-electron chi connectivity index (χ2n) is 3.60. The van der Waals surface area contributed by atoms with E-state index in [1.807, 2.05) is 6.92 Å². The number of esters is 2. The standard InChI is InChI=1S/C12H21NO5/c1-4-7-8-13(9-14)10(11(15)17-5-2)12(16)18-6-3/h9-10H,4-8H2,1-3H3. The summed E-state index contributed by atoms with van der Waals surface area (Å²) in [7, 11) is 0. The topological polar surface area (TPSA) is 72.9 Å². The van der Waals surface area contributed by atoms with Crippen molar-refractivity contribution in [3.8, 4) is 0 Å².